The van der Waals surface area contributed by atoms with E-state index in [0.717, 1.165) is 48.8 Å². The van der Waals surface area contributed by atoms with Crippen molar-refractivity contribution < 1.29 is 9.53 Å². The molecule has 1 saturated heterocycles. The van der Waals surface area contributed by atoms with Crippen molar-refractivity contribution in [1.29, 1.82) is 0 Å². The number of amides is 1. The third kappa shape index (κ3) is 5.27. The summed E-state index contributed by atoms with van der Waals surface area (Å²) in [5.74, 6) is 1.58. The first-order chi connectivity index (χ1) is 15.0. The van der Waals surface area contributed by atoms with Crippen LogP contribution >= 0.6 is 23.2 Å². The summed E-state index contributed by atoms with van der Waals surface area (Å²) in [5.41, 5.74) is 2.47. The number of methoxy groups -OCH3 is 1. The van der Waals surface area contributed by atoms with Gasteiger partial charge in [-0.2, -0.15) is 0 Å². The Labute approximate surface area is 191 Å². The zero-order chi connectivity index (χ0) is 21.8. The highest BCUT2D eigenvalue weighted by Crippen LogP contribution is 2.28. The minimum atomic E-state index is -0.0723. The van der Waals surface area contributed by atoms with E-state index in [4.69, 9.17) is 27.9 Å². The first-order valence-corrected chi connectivity index (χ1v) is 10.8. The molecule has 1 amide bonds. The highest BCUT2D eigenvalue weighted by Gasteiger charge is 2.26. The van der Waals surface area contributed by atoms with Crippen LogP contribution in [-0.4, -0.2) is 36.1 Å². The van der Waals surface area contributed by atoms with E-state index in [1.165, 1.54) is 0 Å². The van der Waals surface area contributed by atoms with E-state index < -0.39 is 0 Å². The maximum atomic E-state index is 12.7. The molecule has 3 aromatic rings. The number of aromatic nitrogens is 2. The van der Waals surface area contributed by atoms with Crippen LogP contribution in [0.25, 0.3) is 11.3 Å². The van der Waals surface area contributed by atoms with Gasteiger partial charge in [-0.25, -0.2) is 9.97 Å². The molecule has 0 atom stereocenters. The minimum Gasteiger partial charge on any atom is -0.497 e. The number of carbonyl (C=O) groups is 1. The summed E-state index contributed by atoms with van der Waals surface area (Å²) < 4.78 is 5.22. The van der Waals surface area contributed by atoms with Gasteiger partial charge in [0.25, 0.3) is 0 Å². The molecule has 0 unspecified atom stereocenters. The Morgan fingerprint density at radius 2 is 1.71 bits per heavy atom. The molecule has 0 bridgehead atoms. The lowest BCUT2D eigenvalue weighted by molar-refractivity contribution is -0.120. The smallest absolute Gasteiger partial charge is 0.227 e. The molecular weight excluding hydrogens is 435 g/mol. The summed E-state index contributed by atoms with van der Waals surface area (Å²) >= 11 is 12.0. The van der Waals surface area contributed by atoms with Crippen molar-refractivity contribution >= 4 is 40.6 Å². The molecule has 8 heteroatoms. The van der Waals surface area contributed by atoms with Gasteiger partial charge in [0.15, 0.2) is 0 Å². The average Bonchev–Trinajstić information content (AvgIpc) is 2.78. The van der Waals surface area contributed by atoms with Crippen molar-refractivity contribution in [2.45, 2.75) is 12.8 Å². The number of carbonyl (C=O) groups excluding carboxylic acids is 1. The van der Waals surface area contributed by atoms with E-state index in [1.807, 2.05) is 30.3 Å². The fourth-order valence-corrected chi connectivity index (χ4v) is 4.21. The van der Waals surface area contributed by atoms with Gasteiger partial charge < -0.3 is 15.0 Å². The number of hydrogen-bond donors (Lipinski definition) is 1. The molecule has 160 valence electrons. The number of nitrogens with zero attached hydrogens (tertiary/aromatic N) is 3. The predicted molar refractivity (Wildman–Crippen MR) is 124 cm³/mol. The molecule has 0 aliphatic carbocycles. The van der Waals surface area contributed by atoms with Gasteiger partial charge in [0.2, 0.25) is 5.91 Å². The van der Waals surface area contributed by atoms with E-state index in [2.05, 4.69) is 20.2 Å². The van der Waals surface area contributed by atoms with Gasteiger partial charge in [-0.1, -0.05) is 23.2 Å². The van der Waals surface area contributed by atoms with Crippen LogP contribution in [0.5, 0.6) is 5.75 Å². The van der Waals surface area contributed by atoms with Gasteiger partial charge in [0, 0.05) is 46.4 Å². The fraction of sp³-hybridized carbons (Fsp3) is 0.261. The molecule has 1 aliphatic rings. The van der Waals surface area contributed by atoms with Crippen LogP contribution in [0.4, 0.5) is 11.5 Å². The summed E-state index contributed by atoms with van der Waals surface area (Å²) in [6, 6.07) is 14.8. The third-order valence-electron chi connectivity index (χ3n) is 5.36. The average molecular weight is 457 g/mol. The number of halogens is 2. The van der Waals surface area contributed by atoms with Gasteiger partial charge in [-0.3, -0.25) is 4.79 Å². The highest BCUT2D eigenvalue weighted by atomic mass is 35.5. The zero-order valence-electron chi connectivity index (χ0n) is 17.0. The van der Waals surface area contributed by atoms with Crippen LogP contribution in [-0.2, 0) is 4.79 Å². The predicted octanol–water partition coefficient (Wildman–Crippen LogP) is 5.31. The summed E-state index contributed by atoms with van der Waals surface area (Å²) in [7, 11) is 1.64. The van der Waals surface area contributed by atoms with Crippen LogP contribution in [0.3, 0.4) is 0 Å². The van der Waals surface area contributed by atoms with E-state index in [1.54, 1.807) is 31.6 Å². The molecule has 4 rings (SSSR count). The zero-order valence-corrected chi connectivity index (χ0v) is 18.5. The van der Waals surface area contributed by atoms with Crippen molar-refractivity contribution in [1.82, 2.24) is 9.97 Å². The Balaban J connectivity index is 1.38. The lowest BCUT2D eigenvalue weighted by atomic mass is 9.95. The van der Waals surface area contributed by atoms with Crippen LogP contribution in [0, 0.1) is 5.92 Å². The van der Waals surface area contributed by atoms with Gasteiger partial charge >= 0.3 is 0 Å². The summed E-state index contributed by atoms with van der Waals surface area (Å²) in [6.45, 7) is 1.49. The number of rotatable bonds is 5. The van der Waals surface area contributed by atoms with Crippen molar-refractivity contribution in [3.63, 3.8) is 0 Å². The van der Waals surface area contributed by atoms with E-state index in [9.17, 15) is 4.79 Å². The van der Waals surface area contributed by atoms with E-state index in [-0.39, 0.29) is 11.8 Å². The van der Waals surface area contributed by atoms with E-state index in [0.29, 0.717) is 15.7 Å². The quantitative estimate of drug-likeness (QED) is 0.562. The van der Waals surface area contributed by atoms with Gasteiger partial charge in [0.1, 0.15) is 17.9 Å². The van der Waals surface area contributed by atoms with E-state index >= 15 is 0 Å². The maximum absolute atomic E-state index is 12.7. The van der Waals surface area contributed by atoms with Crippen molar-refractivity contribution in [2.75, 3.05) is 30.4 Å². The molecule has 0 saturated carbocycles. The number of anilines is 2. The lowest BCUT2D eigenvalue weighted by Gasteiger charge is -2.32. The molecule has 31 heavy (non-hydrogen) atoms. The largest absolute Gasteiger partial charge is 0.497 e. The topological polar surface area (TPSA) is 67.3 Å². The second-order valence-electron chi connectivity index (χ2n) is 7.40. The first-order valence-electron chi connectivity index (χ1n) is 10.0. The van der Waals surface area contributed by atoms with Crippen LogP contribution in [0.1, 0.15) is 12.8 Å². The number of piperidine rings is 1. The molecule has 0 radical (unpaired) electrons. The SMILES string of the molecule is COc1ccc(-c2cc(N3CCC(C(=O)Nc4cc(Cl)cc(Cl)c4)CC3)ncn2)cc1. The Kier molecular flexibility index (Phi) is 6.59. The molecule has 1 N–H and O–H groups in total. The molecular formula is C23H22Cl2N4O2. The van der Waals surface area contributed by atoms with Gasteiger partial charge in [-0.15, -0.1) is 0 Å². The molecule has 1 aromatic heterocycles. The third-order valence-corrected chi connectivity index (χ3v) is 5.79. The summed E-state index contributed by atoms with van der Waals surface area (Å²) in [4.78, 5) is 23.7. The number of nitrogens with one attached hydrogen (secondary N) is 1. The monoisotopic (exact) mass is 456 g/mol. The molecule has 1 fully saturated rings. The Bertz CT molecular complexity index is 1050. The minimum absolute atomic E-state index is 0.0143. The van der Waals surface area contributed by atoms with Gasteiger partial charge in [0.05, 0.1) is 12.8 Å². The lowest BCUT2D eigenvalue weighted by Crippen LogP contribution is -2.38. The van der Waals surface area contributed by atoms with Crippen molar-refractivity contribution in [3.05, 3.63) is 64.9 Å². The second-order valence-corrected chi connectivity index (χ2v) is 8.27. The van der Waals surface area contributed by atoms with Crippen molar-refractivity contribution in [3.8, 4) is 17.0 Å². The Hall–Kier alpha value is -2.83. The summed E-state index contributed by atoms with van der Waals surface area (Å²) in [6.07, 6.45) is 3.06. The normalized spacial score (nSPS) is 14.4. The number of benzene rings is 2. The summed E-state index contributed by atoms with van der Waals surface area (Å²) in [5, 5.41) is 3.91. The van der Waals surface area contributed by atoms with Crippen LogP contribution < -0.4 is 15.0 Å². The second kappa shape index (κ2) is 9.54. The molecule has 2 heterocycles. The van der Waals surface area contributed by atoms with Crippen LogP contribution in [0.15, 0.2) is 54.9 Å². The fourth-order valence-electron chi connectivity index (χ4n) is 3.68. The van der Waals surface area contributed by atoms with Crippen LogP contribution in [0.2, 0.25) is 10.0 Å². The molecule has 0 spiro atoms. The van der Waals surface area contributed by atoms with Crippen molar-refractivity contribution in [2.24, 2.45) is 5.92 Å². The Morgan fingerprint density at radius 3 is 2.35 bits per heavy atom. The maximum Gasteiger partial charge on any atom is 0.227 e. The standard InChI is InChI=1S/C23H22Cl2N4O2/c1-31-20-4-2-15(3-5-20)21-13-22(27-14-26-21)29-8-6-16(7-9-29)23(30)28-19-11-17(24)10-18(25)12-19/h2-5,10-14,16H,6-9H2,1H3,(H,28,30). The first kappa shape index (κ1) is 21.4. The molecule has 1 aliphatic heterocycles. The Morgan fingerprint density at radius 1 is 1.03 bits per heavy atom. The van der Waals surface area contributed by atoms with Gasteiger partial charge in [-0.05, 0) is 55.3 Å². The highest BCUT2D eigenvalue weighted by molar-refractivity contribution is 6.35. The molecule has 6 nitrogen and oxygen atoms in total. The number of hydrogen-bond acceptors (Lipinski definition) is 5. The number of ether oxygens (including phenoxy) is 1. The molecule has 2 aromatic carbocycles.